The molecule has 0 atom stereocenters. The summed E-state index contributed by atoms with van der Waals surface area (Å²) in [6.45, 7) is 3.89. The Morgan fingerprint density at radius 2 is 1.48 bits per heavy atom. The van der Waals surface area contributed by atoms with Crippen molar-refractivity contribution >= 4 is 10.0 Å². The first-order valence-electron chi connectivity index (χ1n) is 8.37. The summed E-state index contributed by atoms with van der Waals surface area (Å²) >= 11 is 0. The smallest absolute Gasteiger partial charge is 0.255 e. The van der Waals surface area contributed by atoms with E-state index >= 15 is 0 Å². The van der Waals surface area contributed by atoms with Crippen LogP contribution in [0.1, 0.15) is 13.8 Å². The highest BCUT2D eigenvalue weighted by Gasteiger charge is 2.09. The molecule has 0 spiro atoms. The Kier molecular flexibility index (Phi) is 5.16. The molecule has 0 aliphatic heterocycles. The third kappa shape index (κ3) is 4.45. The third-order valence-corrected chi connectivity index (χ3v) is 4.84. The molecule has 6 nitrogen and oxygen atoms in total. The first-order valence-corrected chi connectivity index (χ1v) is 9.92. The molecule has 0 radical (unpaired) electrons. The summed E-state index contributed by atoms with van der Waals surface area (Å²) in [5.74, 6) is 0.733. The Balaban J connectivity index is 1.96. The molecular formula is C20H20N2O4S. The number of nitrogens with zero attached hydrogens (tertiary/aromatic N) is 1. The van der Waals surface area contributed by atoms with E-state index in [1.165, 1.54) is 22.8 Å². The molecule has 3 rings (SSSR count). The predicted octanol–water partition coefficient (Wildman–Crippen LogP) is 2.94. The Hall–Kier alpha value is -2.90. The van der Waals surface area contributed by atoms with Gasteiger partial charge < -0.3 is 4.74 Å². The van der Waals surface area contributed by atoms with Crippen LogP contribution in [0.2, 0.25) is 0 Å². The standard InChI is InChI=1S/C20H20N2O4S/c1-14(2)26-18-8-6-17(7-9-18)22-13-16(5-12-20(22)23)15-3-10-19(11-4-15)27(21,24)25/h3-14H,1-2H3,(H2,21,24,25). The summed E-state index contributed by atoms with van der Waals surface area (Å²) in [5.41, 5.74) is 2.09. The van der Waals surface area contributed by atoms with E-state index in [1.54, 1.807) is 24.4 Å². The summed E-state index contributed by atoms with van der Waals surface area (Å²) in [4.78, 5) is 12.3. The summed E-state index contributed by atoms with van der Waals surface area (Å²) in [6, 6.07) is 16.6. The van der Waals surface area contributed by atoms with Gasteiger partial charge in [0.25, 0.3) is 5.56 Å². The summed E-state index contributed by atoms with van der Waals surface area (Å²) < 4.78 is 29.9. The highest BCUT2D eigenvalue weighted by Crippen LogP contribution is 2.22. The van der Waals surface area contributed by atoms with Crippen molar-refractivity contribution in [2.45, 2.75) is 24.8 Å². The highest BCUT2D eigenvalue weighted by atomic mass is 32.2. The van der Waals surface area contributed by atoms with Crippen LogP contribution in [0.4, 0.5) is 0 Å². The van der Waals surface area contributed by atoms with Gasteiger partial charge in [-0.05, 0) is 67.4 Å². The number of pyridine rings is 1. The fourth-order valence-electron chi connectivity index (χ4n) is 2.65. The SMILES string of the molecule is CC(C)Oc1ccc(-n2cc(-c3ccc(S(N)(=O)=O)cc3)ccc2=O)cc1. The van der Waals surface area contributed by atoms with Crippen molar-refractivity contribution in [3.05, 3.63) is 77.2 Å². The van der Waals surface area contributed by atoms with E-state index in [0.717, 1.165) is 16.9 Å². The average molecular weight is 384 g/mol. The normalized spacial score (nSPS) is 11.6. The number of sulfonamides is 1. The third-order valence-electron chi connectivity index (χ3n) is 3.91. The molecule has 140 valence electrons. The Morgan fingerprint density at radius 1 is 0.889 bits per heavy atom. The predicted molar refractivity (Wildman–Crippen MR) is 105 cm³/mol. The van der Waals surface area contributed by atoms with Gasteiger partial charge in [0, 0.05) is 18.0 Å². The monoisotopic (exact) mass is 384 g/mol. The minimum Gasteiger partial charge on any atom is -0.491 e. The van der Waals surface area contributed by atoms with Gasteiger partial charge in [0.2, 0.25) is 10.0 Å². The van der Waals surface area contributed by atoms with Gasteiger partial charge in [-0.3, -0.25) is 9.36 Å². The van der Waals surface area contributed by atoms with E-state index in [4.69, 9.17) is 9.88 Å². The average Bonchev–Trinajstić information content (AvgIpc) is 2.62. The number of rotatable bonds is 5. The topological polar surface area (TPSA) is 91.4 Å². The molecule has 0 aliphatic rings. The van der Waals surface area contributed by atoms with Gasteiger partial charge in [0.15, 0.2) is 0 Å². The molecule has 1 heterocycles. The van der Waals surface area contributed by atoms with Crippen LogP contribution >= 0.6 is 0 Å². The molecule has 1 aromatic heterocycles. The molecule has 0 aliphatic carbocycles. The molecule has 0 saturated heterocycles. The van der Waals surface area contributed by atoms with Gasteiger partial charge in [0.05, 0.1) is 11.0 Å². The lowest BCUT2D eigenvalue weighted by molar-refractivity contribution is 0.242. The minimum absolute atomic E-state index is 0.0420. The Bertz CT molecular complexity index is 1100. The van der Waals surface area contributed by atoms with Crippen molar-refractivity contribution in [3.8, 4) is 22.6 Å². The summed E-state index contributed by atoms with van der Waals surface area (Å²) in [6.07, 6.45) is 1.79. The molecule has 7 heteroatoms. The minimum atomic E-state index is -3.74. The molecule has 27 heavy (non-hydrogen) atoms. The maximum Gasteiger partial charge on any atom is 0.255 e. The second kappa shape index (κ2) is 7.38. The largest absolute Gasteiger partial charge is 0.491 e. The van der Waals surface area contributed by atoms with Crippen molar-refractivity contribution in [2.75, 3.05) is 0 Å². The lowest BCUT2D eigenvalue weighted by Gasteiger charge is -2.12. The molecule has 2 aromatic carbocycles. The summed E-state index contributed by atoms with van der Waals surface area (Å²) in [5, 5.41) is 5.12. The van der Waals surface area contributed by atoms with Crippen LogP contribution in [0.3, 0.4) is 0 Å². The number of hydrogen-bond acceptors (Lipinski definition) is 4. The van der Waals surface area contributed by atoms with E-state index in [9.17, 15) is 13.2 Å². The van der Waals surface area contributed by atoms with Gasteiger partial charge in [-0.1, -0.05) is 12.1 Å². The lowest BCUT2D eigenvalue weighted by Crippen LogP contribution is -2.16. The number of hydrogen-bond donors (Lipinski definition) is 1. The maximum atomic E-state index is 12.3. The Labute approximate surface area is 157 Å². The molecule has 2 N–H and O–H groups in total. The van der Waals surface area contributed by atoms with Crippen molar-refractivity contribution in [1.82, 2.24) is 4.57 Å². The molecule has 0 amide bonds. The van der Waals surface area contributed by atoms with Crippen LogP contribution in [-0.4, -0.2) is 19.1 Å². The van der Waals surface area contributed by atoms with Gasteiger partial charge >= 0.3 is 0 Å². The maximum absolute atomic E-state index is 12.3. The first-order chi connectivity index (χ1) is 12.7. The Morgan fingerprint density at radius 3 is 2.04 bits per heavy atom. The van der Waals surface area contributed by atoms with Gasteiger partial charge in [-0.2, -0.15) is 0 Å². The van der Waals surface area contributed by atoms with E-state index < -0.39 is 10.0 Å². The van der Waals surface area contributed by atoms with E-state index in [2.05, 4.69) is 0 Å². The van der Waals surface area contributed by atoms with Gasteiger partial charge in [-0.15, -0.1) is 0 Å². The molecular weight excluding hydrogens is 364 g/mol. The second-order valence-corrected chi connectivity index (χ2v) is 7.92. The quantitative estimate of drug-likeness (QED) is 0.732. The number of nitrogens with two attached hydrogens (primary N) is 1. The van der Waals surface area contributed by atoms with Crippen LogP contribution < -0.4 is 15.4 Å². The zero-order valence-corrected chi connectivity index (χ0v) is 15.8. The first kappa shape index (κ1) is 18.9. The lowest BCUT2D eigenvalue weighted by atomic mass is 10.1. The molecule has 3 aromatic rings. The van der Waals surface area contributed by atoms with Gasteiger partial charge in [0.1, 0.15) is 5.75 Å². The molecule has 0 fully saturated rings. The van der Waals surface area contributed by atoms with Gasteiger partial charge in [-0.25, -0.2) is 13.6 Å². The second-order valence-electron chi connectivity index (χ2n) is 6.36. The van der Waals surface area contributed by atoms with Crippen molar-refractivity contribution in [1.29, 1.82) is 0 Å². The number of aromatic nitrogens is 1. The summed E-state index contributed by atoms with van der Waals surface area (Å²) in [7, 11) is -3.74. The van der Waals surface area contributed by atoms with Crippen LogP contribution in [-0.2, 0) is 10.0 Å². The van der Waals surface area contributed by atoms with Crippen molar-refractivity contribution in [3.63, 3.8) is 0 Å². The van der Waals surface area contributed by atoms with Crippen LogP contribution in [0.15, 0.2) is 76.6 Å². The van der Waals surface area contributed by atoms with Crippen molar-refractivity contribution < 1.29 is 13.2 Å². The number of benzene rings is 2. The number of primary sulfonamides is 1. The van der Waals surface area contributed by atoms with Crippen LogP contribution in [0.25, 0.3) is 16.8 Å². The van der Waals surface area contributed by atoms with Crippen molar-refractivity contribution in [2.24, 2.45) is 5.14 Å². The van der Waals surface area contributed by atoms with Crippen LogP contribution in [0.5, 0.6) is 5.75 Å². The van der Waals surface area contributed by atoms with E-state index in [-0.39, 0.29) is 16.6 Å². The fraction of sp³-hybridized carbons (Fsp3) is 0.150. The molecule has 0 saturated carbocycles. The van der Waals surface area contributed by atoms with Crippen LogP contribution in [0, 0.1) is 0 Å². The zero-order valence-electron chi connectivity index (χ0n) is 15.0. The number of ether oxygens (including phenoxy) is 1. The highest BCUT2D eigenvalue weighted by molar-refractivity contribution is 7.89. The molecule has 0 bridgehead atoms. The van der Waals surface area contributed by atoms with E-state index in [0.29, 0.717) is 5.69 Å². The van der Waals surface area contributed by atoms with E-state index in [1.807, 2.05) is 38.1 Å². The zero-order chi connectivity index (χ0) is 19.6. The molecule has 0 unspecified atom stereocenters. The fourth-order valence-corrected chi connectivity index (χ4v) is 3.17.